The van der Waals surface area contributed by atoms with E-state index in [-0.39, 0.29) is 0 Å². The van der Waals surface area contributed by atoms with Crippen LogP contribution in [-0.2, 0) is 24.4 Å². The number of nitrogens with one attached hydrogen (secondary N) is 2. The highest BCUT2D eigenvalue weighted by atomic mass is 16.5. The molecule has 2 N–H and O–H groups in total. The minimum absolute atomic E-state index is 0.530. The van der Waals surface area contributed by atoms with Crippen molar-refractivity contribution in [3.63, 3.8) is 0 Å². The Morgan fingerprint density at radius 1 is 0.966 bits per heavy atom. The molecule has 29 heavy (non-hydrogen) atoms. The molecule has 2 aromatic rings. The smallest absolute Gasteiger partial charge is 0.191 e. The van der Waals surface area contributed by atoms with Gasteiger partial charge in [0.1, 0.15) is 12.4 Å². The molecule has 0 amide bonds. The quantitative estimate of drug-likeness (QED) is 0.366. The monoisotopic (exact) mass is 398 g/mol. The second kappa shape index (κ2) is 12.1. The summed E-state index contributed by atoms with van der Waals surface area (Å²) in [4.78, 5) is 6.53. The van der Waals surface area contributed by atoms with Gasteiger partial charge in [-0.05, 0) is 43.8 Å². The van der Waals surface area contributed by atoms with Gasteiger partial charge in [-0.3, -0.25) is 4.99 Å². The predicted octanol–water partition coefficient (Wildman–Crippen LogP) is 2.95. The molecule has 2 aromatic carbocycles. The predicted molar refractivity (Wildman–Crippen MR) is 119 cm³/mol. The van der Waals surface area contributed by atoms with Gasteiger partial charge in [0.2, 0.25) is 0 Å². The summed E-state index contributed by atoms with van der Waals surface area (Å²) in [5.74, 6) is 1.63. The molecule has 0 aliphatic heterocycles. The van der Waals surface area contributed by atoms with Crippen LogP contribution >= 0.6 is 0 Å². The molecule has 0 bridgehead atoms. The average Bonchev–Trinajstić information content (AvgIpc) is 2.70. The maximum Gasteiger partial charge on any atom is 0.191 e. The number of guanidine groups is 1. The highest BCUT2D eigenvalue weighted by Gasteiger charge is 2.07. The van der Waals surface area contributed by atoms with Crippen molar-refractivity contribution in [1.82, 2.24) is 15.5 Å². The number of rotatable bonds is 10. The van der Waals surface area contributed by atoms with Crippen molar-refractivity contribution >= 4 is 5.96 Å². The van der Waals surface area contributed by atoms with Crippen LogP contribution in [0.3, 0.4) is 0 Å². The minimum atomic E-state index is 0.530. The van der Waals surface area contributed by atoms with Crippen LogP contribution in [0.25, 0.3) is 0 Å². The number of benzene rings is 2. The summed E-state index contributed by atoms with van der Waals surface area (Å²) in [5.41, 5.74) is 4.83. The first-order valence-electron chi connectivity index (χ1n) is 9.90. The zero-order chi connectivity index (χ0) is 21.1. The molecule has 0 radical (unpaired) electrons. The molecule has 0 saturated heterocycles. The van der Waals surface area contributed by atoms with Crippen LogP contribution in [-0.4, -0.2) is 52.3 Å². The van der Waals surface area contributed by atoms with Gasteiger partial charge < -0.3 is 25.0 Å². The van der Waals surface area contributed by atoms with Crippen molar-refractivity contribution in [3.8, 4) is 5.75 Å². The van der Waals surface area contributed by atoms with Gasteiger partial charge in [0.25, 0.3) is 0 Å². The number of hydrogen-bond acceptors (Lipinski definition) is 4. The molecule has 0 atom stereocenters. The maximum atomic E-state index is 5.88. The fourth-order valence-corrected chi connectivity index (χ4v) is 2.98. The number of ether oxygens (including phenoxy) is 2. The highest BCUT2D eigenvalue weighted by molar-refractivity contribution is 5.79. The van der Waals surface area contributed by atoms with E-state index in [0.717, 1.165) is 30.4 Å². The second-order valence-electron chi connectivity index (χ2n) is 7.24. The van der Waals surface area contributed by atoms with E-state index >= 15 is 0 Å². The summed E-state index contributed by atoms with van der Waals surface area (Å²) < 4.78 is 11.0. The Kier molecular flexibility index (Phi) is 9.47. The van der Waals surface area contributed by atoms with Gasteiger partial charge in [0, 0.05) is 39.4 Å². The molecule has 2 rings (SSSR count). The Hall–Kier alpha value is -2.57. The van der Waals surface area contributed by atoms with Crippen molar-refractivity contribution in [2.24, 2.45) is 4.99 Å². The lowest BCUT2D eigenvalue weighted by Gasteiger charge is -2.17. The lowest BCUT2D eigenvalue weighted by Crippen LogP contribution is -2.36. The zero-order valence-corrected chi connectivity index (χ0v) is 18.3. The summed E-state index contributed by atoms with van der Waals surface area (Å²) >= 11 is 0. The lowest BCUT2D eigenvalue weighted by molar-refractivity contribution is 0.145. The third-order valence-electron chi connectivity index (χ3n) is 4.49. The van der Waals surface area contributed by atoms with Gasteiger partial charge in [-0.2, -0.15) is 0 Å². The van der Waals surface area contributed by atoms with Gasteiger partial charge in [0.05, 0.1) is 6.61 Å². The molecule has 0 heterocycles. The minimum Gasteiger partial charge on any atom is -0.491 e. The van der Waals surface area contributed by atoms with Gasteiger partial charge in [-0.1, -0.05) is 36.4 Å². The van der Waals surface area contributed by atoms with Crippen LogP contribution < -0.4 is 15.4 Å². The SMILES string of the molecule is CN=C(NCc1ccccc1CN(C)C)NCc1ccc(C)cc1OCCOC. The van der Waals surface area contributed by atoms with Crippen LogP contribution in [0.4, 0.5) is 0 Å². The Balaban J connectivity index is 1.96. The van der Waals surface area contributed by atoms with E-state index in [0.29, 0.717) is 19.8 Å². The van der Waals surface area contributed by atoms with Crippen LogP contribution in [0, 0.1) is 6.92 Å². The molecular formula is C23H34N4O2. The Labute approximate surface area is 174 Å². The molecule has 0 fully saturated rings. The number of methoxy groups -OCH3 is 1. The number of aryl methyl sites for hydroxylation is 1. The molecule has 6 nitrogen and oxygen atoms in total. The molecule has 0 aromatic heterocycles. The van der Waals surface area contributed by atoms with E-state index < -0.39 is 0 Å². The van der Waals surface area contributed by atoms with Crippen LogP contribution in [0.1, 0.15) is 22.3 Å². The molecule has 0 aliphatic rings. The van der Waals surface area contributed by atoms with Gasteiger partial charge in [0.15, 0.2) is 5.96 Å². The second-order valence-corrected chi connectivity index (χ2v) is 7.24. The number of aliphatic imine (C=N–C) groups is 1. The largest absolute Gasteiger partial charge is 0.491 e. The van der Waals surface area contributed by atoms with Crippen molar-refractivity contribution in [1.29, 1.82) is 0 Å². The van der Waals surface area contributed by atoms with E-state index in [4.69, 9.17) is 9.47 Å². The van der Waals surface area contributed by atoms with Crippen LogP contribution in [0.2, 0.25) is 0 Å². The topological polar surface area (TPSA) is 58.1 Å². The lowest BCUT2D eigenvalue weighted by atomic mass is 10.1. The molecule has 158 valence electrons. The molecule has 0 aliphatic carbocycles. The third-order valence-corrected chi connectivity index (χ3v) is 4.49. The standard InChI is InChI=1S/C23H34N4O2/c1-18-10-11-20(22(14-18)29-13-12-28-5)16-26-23(24-2)25-15-19-8-6-7-9-21(19)17-27(3)4/h6-11,14H,12-13,15-17H2,1-5H3,(H2,24,25,26). The van der Waals surface area contributed by atoms with Crippen molar-refractivity contribution < 1.29 is 9.47 Å². The molecule has 0 saturated carbocycles. The summed E-state index contributed by atoms with van der Waals surface area (Å²) in [6.45, 7) is 5.41. The molecule has 6 heteroatoms. The Morgan fingerprint density at radius 2 is 1.66 bits per heavy atom. The Morgan fingerprint density at radius 3 is 2.31 bits per heavy atom. The average molecular weight is 399 g/mol. The van der Waals surface area contributed by atoms with Gasteiger partial charge in [-0.25, -0.2) is 0 Å². The first-order chi connectivity index (χ1) is 14.0. The van der Waals surface area contributed by atoms with Gasteiger partial charge >= 0.3 is 0 Å². The number of hydrogen-bond donors (Lipinski definition) is 2. The summed E-state index contributed by atoms with van der Waals surface area (Å²) in [7, 11) is 7.62. The summed E-state index contributed by atoms with van der Waals surface area (Å²) in [5, 5.41) is 6.80. The van der Waals surface area contributed by atoms with E-state index in [9.17, 15) is 0 Å². The Bertz CT molecular complexity index is 790. The fourth-order valence-electron chi connectivity index (χ4n) is 2.98. The highest BCUT2D eigenvalue weighted by Crippen LogP contribution is 2.20. The summed E-state index contributed by atoms with van der Waals surface area (Å²) in [6.07, 6.45) is 0. The van der Waals surface area contributed by atoms with E-state index in [1.165, 1.54) is 16.7 Å². The molecular weight excluding hydrogens is 364 g/mol. The van der Waals surface area contributed by atoms with Crippen molar-refractivity contribution in [2.75, 3.05) is 41.5 Å². The molecule has 0 unspecified atom stereocenters. The summed E-state index contributed by atoms with van der Waals surface area (Å²) in [6, 6.07) is 14.7. The van der Waals surface area contributed by atoms with E-state index in [1.807, 2.05) is 0 Å². The zero-order valence-electron chi connectivity index (χ0n) is 18.3. The fraction of sp³-hybridized carbons (Fsp3) is 0.435. The van der Waals surface area contributed by atoms with Gasteiger partial charge in [-0.15, -0.1) is 0 Å². The van der Waals surface area contributed by atoms with Crippen molar-refractivity contribution in [2.45, 2.75) is 26.6 Å². The van der Waals surface area contributed by atoms with Crippen molar-refractivity contribution in [3.05, 3.63) is 64.7 Å². The third kappa shape index (κ3) is 7.75. The van der Waals surface area contributed by atoms with Crippen LogP contribution in [0.15, 0.2) is 47.5 Å². The normalized spacial score (nSPS) is 11.6. The number of nitrogens with zero attached hydrogens (tertiary/aromatic N) is 2. The first-order valence-corrected chi connectivity index (χ1v) is 9.90. The van der Waals surface area contributed by atoms with E-state index in [2.05, 4.69) is 84.0 Å². The first kappa shape index (κ1) is 22.7. The van der Waals surface area contributed by atoms with E-state index in [1.54, 1.807) is 14.2 Å². The van der Waals surface area contributed by atoms with Crippen LogP contribution in [0.5, 0.6) is 5.75 Å². The maximum absolute atomic E-state index is 5.88. The molecule has 0 spiro atoms.